The van der Waals surface area contributed by atoms with Crippen LogP contribution in [0.3, 0.4) is 0 Å². The predicted octanol–water partition coefficient (Wildman–Crippen LogP) is 0.157. The summed E-state index contributed by atoms with van der Waals surface area (Å²) in [4.78, 5) is 15.8. The Kier molecular flexibility index (Phi) is 4.98. The summed E-state index contributed by atoms with van der Waals surface area (Å²) in [6.07, 6.45) is 4.22. The minimum absolute atomic E-state index is 0.0221. The maximum atomic E-state index is 11.7. The molecule has 1 amide bonds. The van der Waals surface area contributed by atoms with Gasteiger partial charge in [-0.2, -0.15) is 0 Å². The molecule has 90 valence electrons. The van der Waals surface area contributed by atoms with Gasteiger partial charge in [-0.05, 0) is 13.8 Å². The summed E-state index contributed by atoms with van der Waals surface area (Å²) in [5.74, 6) is -0.143. The Morgan fingerprint density at radius 1 is 1.62 bits per heavy atom. The number of carbonyl (C=O) groups is 1. The van der Waals surface area contributed by atoms with Gasteiger partial charge in [-0.3, -0.25) is 4.79 Å². The summed E-state index contributed by atoms with van der Waals surface area (Å²) in [7, 11) is 0. The van der Waals surface area contributed by atoms with Gasteiger partial charge in [0.2, 0.25) is 5.91 Å². The van der Waals surface area contributed by atoms with Crippen molar-refractivity contribution in [1.82, 2.24) is 14.9 Å². The number of hydrogen-bond acceptors (Lipinski definition) is 3. The molecule has 0 aromatic carbocycles. The van der Waals surface area contributed by atoms with E-state index < -0.39 is 0 Å². The summed E-state index contributed by atoms with van der Waals surface area (Å²) in [6, 6.07) is 0. The normalized spacial score (nSPS) is 12.4. The third kappa shape index (κ3) is 3.06. The van der Waals surface area contributed by atoms with E-state index in [1.54, 1.807) is 12.5 Å². The van der Waals surface area contributed by atoms with Crippen molar-refractivity contribution < 1.29 is 4.79 Å². The molecule has 1 aromatic heterocycles. The smallest absolute Gasteiger partial charge is 0.224 e. The van der Waals surface area contributed by atoms with Crippen LogP contribution in [0.5, 0.6) is 0 Å². The molecule has 1 atom stereocenters. The van der Waals surface area contributed by atoms with Crippen molar-refractivity contribution in [3.63, 3.8) is 0 Å². The Bertz CT molecular complexity index is 334. The molecule has 0 aliphatic carbocycles. The predicted molar refractivity (Wildman–Crippen MR) is 62.8 cm³/mol. The zero-order valence-electron chi connectivity index (χ0n) is 9.94. The first-order chi connectivity index (χ1) is 7.72. The van der Waals surface area contributed by atoms with Crippen molar-refractivity contribution in [1.29, 1.82) is 0 Å². The SMILES string of the molecule is CCNC(=O)C(CN)Cc1cncn1CC. The molecule has 0 aliphatic rings. The lowest BCUT2D eigenvalue weighted by Crippen LogP contribution is -2.36. The molecule has 5 heteroatoms. The van der Waals surface area contributed by atoms with Crippen molar-refractivity contribution >= 4 is 5.91 Å². The van der Waals surface area contributed by atoms with Crippen LogP contribution in [0.15, 0.2) is 12.5 Å². The summed E-state index contributed by atoms with van der Waals surface area (Å²) in [6.45, 7) is 5.82. The van der Waals surface area contributed by atoms with Gasteiger partial charge in [0.15, 0.2) is 0 Å². The molecule has 0 radical (unpaired) electrons. The number of hydrogen-bond donors (Lipinski definition) is 2. The number of carbonyl (C=O) groups excluding carboxylic acids is 1. The van der Waals surface area contributed by atoms with E-state index in [4.69, 9.17) is 5.73 Å². The molecule has 3 N–H and O–H groups in total. The van der Waals surface area contributed by atoms with Crippen LogP contribution in [0, 0.1) is 5.92 Å². The van der Waals surface area contributed by atoms with Crippen molar-refractivity contribution in [2.45, 2.75) is 26.8 Å². The van der Waals surface area contributed by atoms with Crippen molar-refractivity contribution in [3.8, 4) is 0 Å². The molecular formula is C11H20N4O. The fourth-order valence-electron chi connectivity index (χ4n) is 1.66. The highest BCUT2D eigenvalue weighted by Gasteiger charge is 2.18. The standard InChI is InChI=1S/C11H20N4O/c1-3-14-11(16)9(6-12)5-10-7-13-8-15(10)4-2/h7-9H,3-6,12H2,1-2H3,(H,14,16). The molecule has 0 fully saturated rings. The first-order valence-electron chi connectivity index (χ1n) is 5.69. The lowest BCUT2D eigenvalue weighted by Gasteiger charge is -2.14. The number of amides is 1. The van der Waals surface area contributed by atoms with Gasteiger partial charge in [0.05, 0.1) is 12.2 Å². The van der Waals surface area contributed by atoms with Crippen LogP contribution in [0.1, 0.15) is 19.5 Å². The molecule has 1 unspecified atom stereocenters. The van der Waals surface area contributed by atoms with Gasteiger partial charge >= 0.3 is 0 Å². The quantitative estimate of drug-likeness (QED) is 0.722. The number of aromatic nitrogens is 2. The number of nitrogens with zero attached hydrogens (tertiary/aromatic N) is 2. The lowest BCUT2D eigenvalue weighted by molar-refractivity contribution is -0.124. The van der Waals surface area contributed by atoms with Gasteiger partial charge in [0.25, 0.3) is 0 Å². The second-order valence-electron chi connectivity index (χ2n) is 3.70. The van der Waals surface area contributed by atoms with E-state index in [9.17, 15) is 4.79 Å². The molecule has 1 rings (SSSR count). The van der Waals surface area contributed by atoms with Crippen LogP contribution in [0.25, 0.3) is 0 Å². The number of imidazole rings is 1. The number of rotatable bonds is 6. The van der Waals surface area contributed by atoms with Crippen molar-refractivity contribution in [2.24, 2.45) is 11.7 Å². The van der Waals surface area contributed by atoms with Crippen molar-refractivity contribution in [3.05, 3.63) is 18.2 Å². The molecule has 0 aliphatic heterocycles. The highest BCUT2D eigenvalue weighted by Crippen LogP contribution is 2.08. The second kappa shape index (κ2) is 6.27. The minimum Gasteiger partial charge on any atom is -0.356 e. The average Bonchev–Trinajstić information content (AvgIpc) is 2.73. The van der Waals surface area contributed by atoms with E-state index in [0.29, 0.717) is 19.5 Å². The summed E-state index contributed by atoms with van der Waals surface area (Å²) in [5, 5.41) is 2.80. The molecule has 1 heterocycles. The van der Waals surface area contributed by atoms with E-state index in [2.05, 4.69) is 17.2 Å². The van der Waals surface area contributed by atoms with Crippen LogP contribution in [-0.2, 0) is 17.8 Å². The van der Waals surface area contributed by atoms with Gasteiger partial charge in [0, 0.05) is 37.9 Å². The van der Waals surface area contributed by atoms with Crippen molar-refractivity contribution in [2.75, 3.05) is 13.1 Å². The first kappa shape index (κ1) is 12.7. The topological polar surface area (TPSA) is 72.9 Å². The van der Waals surface area contributed by atoms with E-state index in [0.717, 1.165) is 12.2 Å². The molecule has 0 bridgehead atoms. The molecule has 16 heavy (non-hydrogen) atoms. The molecule has 5 nitrogen and oxygen atoms in total. The van der Waals surface area contributed by atoms with Crippen LogP contribution in [-0.4, -0.2) is 28.5 Å². The van der Waals surface area contributed by atoms with E-state index >= 15 is 0 Å². The molecule has 0 saturated heterocycles. The average molecular weight is 224 g/mol. The largest absolute Gasteiger partial charge is 0.356 e. The third-order valence-electron chi connectivity index (χ3n) is 2.60. The molecule has 0 spiro atoms. The lowest BCUT2D eigenvalue weighted by atomic mass is 10.0. The maximum absolute atomic E-state index is 11.7. The minimum atomic E-state index is -0.165. The Morgan fingerprint density at radius 2 is 2.38 bits per heavy atom. The Morgan fingerprint density at radius 3 is 2.94 bits per heavy atom. The van der Waals surface area contributed by atoms with E-state index in [1.165, 1.54) is 0 Å². The maximum Gasteiger partial charge on any atom is 0.224 e. The van der Waals surface area contributed by atoms with Crippen LogP contribution < -0.4 is 11.1 Å². The fraction of sp³-hybridized carbons (Fsp3) is 0.636. The van der Waals surface area contributed by atoms with E-state index in [-0.39, 0.29) is 11.8 Å². The molecular weight excluding hydrogens is 204 g/mol. The van der Waals surface area contributed by atoms with Crippen LogP contribution >= 0.6 is 0 Å². The highest BCUT2D eigenvalue weighted by atomic mass is 16.1. The fourth-order valence-corrected chi connectivity index (χ4v) is 1.66. The Hall–Kier alpha value is -1.36. The Labute approximate surface area is 96.0 Å². The van der Waals surface area contributed by atoms with E-state index in [1.807, 2.05) is 11.5 Å². The zero-order chi connectivity index (χ0) is 12.0. The summed E-state index contributed by atoms with van der Waals surface area (Å²) in [5.41, 5.74) is 6.68. The summed E-state index contributed by atoms with van der Waals surface area (Å²) >= 11 is 0. The second-order valence-corrected chi connectivity index (χ2v) is 3.70. The molecule has 0 saturated carbocycles. The number of aryl methyl sites for hydroxylation is 1. The highest BCUT2D eigenvalue weighted by molar-refractivity contribution is 5.79. The van der Waals surface area contributed by atoms with Gasteiger partial charge in [-0.1, -0.05) is 0 Å². The first-order valence-corrected chi connectivity index (χ1v) is 5.69. The van der Waals surface area contributed by atoms with Gasteiger partial charge in [-0.25, -0.2) is 4.98 Å². The van der Waals surface area contributed by atoms with Gasteiger partial charge in [-0.15, -0.1) is 0 Å². The van der Waals surface area contributed by atoms with Gasteiger partial charge < -0.3 is 15.6 Å². The van der Waals surface area contributed by atoms with Gasteiger partial charge in [0.1, 0.15) is 0 Å². The molecule has 1 aromatic rings. The van der Waals surface area contributed by atoms with Crippen LogP contribution in [0.2, 0.25) is 0 Å². The number of nitrogens with two attached hydrogens (primary N) is 1. The Balaban J connectivity index is 2.66. The zero-order valence-corrected chi connectivity index (χ0v) is 9.94. The van der Waals surface area contributed by atoms with Crippen LogP contribution in [0.4, 0.5) is 0 Å². The summed E-state index contributed by atoms with van der Waals surface area (Å²) < 4.78 is 2.03. The number of nitrogens with one attached hydrogen (secondary N) is 1. The third-order valence-corrected chi connectivity index (χ3v) is 2.60. The monoisotopic (exact) mass is 224 g/mol.